The smallest absolute Gasteiger partial charge is 0.262 e. The van der Waals surface area contributed by atoms with E-state index in [-0.39, 0.29) is 17.6 Å². The van der Waals surface area contributed by atoms with Crippen molar-refractivity contribution >= 4 is 45.5 Å². The fraction of sp³-hybridized carbons (Fsp3) is 0.125. The van der Waals surface area contributed by atoms with Gasteiger partial charge in [0.1, 0.15) is 6.04 Å². The molecule has 1 atom stereocenters. The van der Waals surface area contributed by atoms with Crippen molar-refractivity contribution in [2.75, 3.05) is 5.32 Å². The molecule has 6 nitrogen and oxygen atoms in total. The number of amides is 2. The van der Waals surface area contributed by atoms with E-state index in [1.54, 1.807) is 36.4 Å². The molecule has 7 heteroatoms. The number of H-pyrrole nitrogens is 1. The lowest BCUT2D eigenvalue weighted by atomic mass is 10.0. The molecule has 0 saturated carbocycles. The van der Waals surface area contributed by atoms with Crippen LogP contribution in [0.4, 0.5) is 5.69 Å². The lowest BCUT2D eigenvalue weighted by Gasteiger charge is -2.18. The highest BCUT2D eigenvalue weighted by molar-refractivity contribution is 7.12. The molecule has 2 amide bonds. The number of ketones is 1. The first-order valence-corrected chi connectivity index (χ1v) is 10.7. The van der Waals surface area contributed by atoms with E-state index in [4.69, 9.17) is 0 Å². The van der Waals surface area contributed by atoms with Gasteiger partial charge in [0.2, 0.25) is 5.91 Å². The topological polar surface area (TPSA) is 91.1 Å². The highest BCUT2D eigenvalue weighted by Crippen LogP contribution is 2.20. The third-order valence-corrected chi connectivity index (χ3v) is 5.87. The molecule has 0 aliphatic carbocycles. The van der Waals surface area contributed by atoms with Gasteiger partial charge in [-0.3, -0.25) is 14.4 Å². The zero-order chi connectivity index (χ0) is 21.8. The average molecular weight is 432 g/mol. The summed E-state index contributed by atoms with van der Waals surface area (Å²) in [7, 11) is 0. The third kappa shape index (κ3) is 4.73. The molecular formula is C24H21N3O3S. The number of carbonyl (C=O) groups is 3. The molecule has 0 aliphatic heterocycles. The van der Waals surface area contributed by atoms with E-state index in [9.17, 15) is 14.4 Å². The molecule has 4 aromatic rings. The molecule has 0 fully saturated rings. The van der Waals surface area contributed by atoms with Crippen LogP contribution in [0, 0.1) is 0 Å². The van der Waals surface area contributed by atoms with Crippen LogP contribution in [-0.4, -0.2) is 28.6 Å². The number of aromatic nitrogens is 1. The van der Waals surface area contributed by atoms with Gasteiger partial charge in [-0.1, -0.05) is 36.4 Å². The Morgan fingerprint density at radius 3 is 2.65 bits per heavy atom. The molecule has 0 radical (unpaired) electrons. The summed E-state index contributed by atoms with van der Waals surface area (Å²) >= 11 is 1.32. The summed E-state index contributed by atoms with van der Waals surface area (Å²) in [4.78, 5) is 41.2. The number of rotatable bonds is 7. The standard InChI is InChI=1S/C24H21N3O3S/c1-15(28)16-6-4-7-18(12-16)26-23(29)21(27-24(30)22-10-5-11-31-22)13-17-14-25-20-9-3-2-8-19(17)20/h2-12,14,21,25H,13H2,1H3,(H,26,29)(H,27,30)/t21-/m1/s1. The van der Waals surface area contributed by atoms with Gasteiger partial charge in [0.25, 0.3) is 5.91 Å². The third-order valence-electron chi connectivity index (χ3n) is 5.00. The van der Waals surface area contributed by atoms with E-state index in [1.807, 2.05) is 35.8 Å². The maximum absolute atomic E-state index is 13.1. The van der Waals surface area contributed by atoms with Crippen molar-refractivity contribution in [1.29, 1.82) is 0 Å². The van der Waals surface area contributed by atoms with Crippen molar-refractivity contribution in [2.45, 2.75) is 19.4 Å². The molecule has 4 rings (SSSR count). The van der Waals surface area contributed by atoms with E-state index in [1.165, 1.54) is 18.3 Å². The Bertz CT molecular complexity index is 1240. The molecule has 0 unspecified atom stereocenters. The number of benzene rings is 2. The Kier molecular flexibility index (Phi) is 5.95. The van der Waals surface area contributed by atoms with Crippen LogP contribution in [-0.2, 0) is 11.2 Å². The molecule has 0 spiro atoms. The maximum atomic E-state index is 13.1. The second-order valence-corrected chi connectivity index (χ2v) is 8.14. The number of anilines is 1. The first-order valence-electron chi connectivity index (χ1n) is 9.82. The molecule has 2 aromatic heterocycles. The van der Waals surface area contributed by atoms with Gasteiger partial charge < -0.3 is 15.6 Å². The quantitative estimate of drug-likeness (QED) is 0.379. The number of nitrogens with one attached hydrogen (secondary N) is 3. The van der Waals surface area contributed by atoms with Crippen LogP contribution in [0.5, 0.6) is 0 Å². The zero-order valence-electron chi connectivity index (χ0n) is 16.8. The van der Waals surface area contributed by atoms with Crippen LogP contribution >= 0.6 is 11.3 Å². The summed E-state index contributed by atoms with van der Waals surface area (Å²) in [6.45, 7) is 1.47. The minimum absolute atomic E-state index is 0.0857. The van der Waals surface area contributed by atoms with Crippen molar-refractivity contribution in [3.05, 3.63) is 88.2 Å². The minimum atomic E-state index is -0.796. The summed E-state index contributed by atoms with van der Waals surface area (Å²) < 4.78 is 0. The van der Waals surface area contributed by atoms with Crippen LogP contribution in [0.3, 0.4) is 0 Å². The Morgan fingerprint density at radius 2 is 1.87 bits per heavy atom. The molecule has 3 N–H and O–H groups in total. The SMILES string of the molecule is CC(=O)c1cccc(NC(=O)[C@@H](Cc2c[nH]c3ccccc23)NC(=O)c2cccs2)c1. The van der Waals surface area contributed by atoms with E-state index >= 15 is 0 Å². The number of carbonyl (C=O) groups excluding carboxylic acids is 3. The van der Waals surface area contributed by atoms with Crippen LogP contribution in [0.15, 0.2) is 72.2 Å². The predicted octanol–water partition coefficient (Wildman–Crippen LogP) is 4.41. The largest absolute Gasteiger partial charge is 0.361 e. The number of Topliss-reactive ketones (excluding diaryl/α,β-unsaturated/α-hetero) is 1. The number of thiophene rings is 1. The number of fused-ring (bicyclic) bond motifs is 1. The summed E-state index contributed by atoms with van der Waals surface area (Å²) in [6, 6.07) is 17.3. The molecular weight excluding hydrogens is 410 g/mol. The van der Waals surface area contributed by atoms with Gasteiger partial charge in [-0.15, -0.1) is 11.3 Å². The lowest BCUT2D eigenvalue weighted by Crippen LogP contribution is -2.45. The summed E-state index contributed by atoms with van der Waals surface area (Å²) in [6.07, 6.45) is 2.18. The normalized spacial score (nSPS) is 11.8. The molecule has 31 heavy (non-hydrogen) atoms. The second kappa shape index (κ2) is 8.97. The van der Waals surface area contributed by atoms with Crippen molar-refractivity contribution < 1.29 is 14.4 Å². The second-order valence-electron chi connectivity index (χ2n) is 7.19. The van der Waals surface area contributed by atoms with Crippen LogP contribution in [0.1, 0.15) is 32.5 Å². The zero-order valence-corrected chi connectivity index (χ0v) is 17.7. The molecule has 0 saturated heterocycles. The number of aromatic amines is 1. The maximum Gasteiger partial charge on any atom is 0.262 e. The average Bonchev–Trinajstić information content (AvgIpc) is 3.44. The van der Waals surface area contributed by atoms with E-state index in [0.29, 0.717) is 22.5 Å². The van der Waals surface area contributed by atoms with Crippen molar-refractivity contribution in [2.24, 2.45) is 0 Å². The first-order chi connectivity index (χ1) is 15.0. The van der Waals surface area contributed by atoms with E-state index in [0.717, 1.165) is 16.5 Å². The highest BCUT2D eigenvalue weighted by Gasteiger charge is 2.24. The van der Waals surface area contributed by atoms with Crippen LogP contribution < -0.4 is 10.6 Å². The lowest BCUT2D eigenvalue weighted by molar-refractivity contribution is -0.118. The highest BCUT2D eigenvalue weighted by atomic mass is 32.1. The van der Waals surface area contributed by atoms with Crippen LogP contribution in [0.25, 0.3) is 10.9 Å². The summed E-state index contributed by atoms with van der Waals surface area (Å²) in [5.74, 6) is -0.735. The van der Waals surface area contributed by atoms with Crippen molar-refractivity contribution in [3.63, 3.8) is 0 Å². The van der Waals surface area contributed by atoms with E-state index in [2.05, 4.69) is 15.6 Å². The minimum Gasteiger partial charge on any atom is -0.361 e. The van der Waals surface area contributed by atoms with Gasteiger partial charge in [-0.2, -0.15) is 0 Å². The fourth-order valence-electron chi connectivity index (χ4n) is 3.41. The molecule has 0 aliphatic rings. The van der Waals surface area contributed by atoms with Crippen molar-refractivity contribution in [1.82, 2.24) is 10.3 Å². The molecule has 0 bridgehead atoms. The monoisotopic (exact) mass is 431 g/mol. The Balaban J connectivity index is 1.59. The van der Waals surface area contributed by atoms with Gasteiger partial charge in [0.05, 0.1) is 4.88 Å². The number of para-hydroxylation sites is 1. The molecule has 156 valence electrons. The Morgan fingerprint density at radius 1 is 1.03 bits per heavy atom. The molecule has 2 aromatic carbocycles. The Labute approximate surface area is 183 Å². The number of hydrogen-bond acceptors (Lipinski definition) is 4. The van der Waals surface area contributed by atoms with Gasteiger partial charge in [-0.25, -0.2) is 0 Å². The van der Waals surface area contributed by atoms with Gasteiger partial charge in [0.15, 0.2) is 5.78 Å². The summed E-state index contributed by atoms with van der Waals surface area (Å²) in [5.41, 5.74) is 2.91. The van der Waals surface area contributed by atoms with Gasteiger partial charge in [-0.05, 0) is 42.1 Å². The first kappa shape index (κ1) is 20.6. The van der Waals surface area contributed by atoms with Crippen molar-refractivity contribution in [3.8, 4) is 0 Å². The van der Waals surface area contributed by atoms with Gasteiger partial charge in [0, 0.05) is 34.8 Å². The predicted molar refractivity (Wildman–Crippen MR) is 123 cm³/mol. The van der Waals surface area contributed by atoms with E-state index < -0.39 is 6.04 Å². The fourth-order valence-corrected chi connectivity index (χ4v) is 4.04. The number of hydrogen-bond donors (Lipinski definition) is 3. The molecule has 2 heterocycles. The van der Waals surface area contributed by atoms with Gasteiger partial charge >= 0.3 is 0 Å². The van der Waals surface area contributed by atoms with Crippen LogP contribution in [0.2, 0.25) is 0 Å². The Hall–Kier alpha value is -3.71. The summed E-state index contributed by atoms with van der Waals surface area (Å²) in [5, 5.41) is 8.51.